The van der Waals surface area contributed by atoms with E-state index in [9.17, 15) is 14.7 Å². The minimum atomic E-state index is -1.05. The number of carboxylic acids is 1. The summed E-state index contributed by atoms with van der Waals surface area (Å²) < 4.78 is 5.40. The van der Waals surface area contributed by atoms with Gasteiger partial charge in [0.15, 0.2) is 12.0 Å². The molecule has 3 aromatic rings. The van der Waals surface area contributed by atoms with Crippen LogP contribution in [0, 0.1) is 0 Å². The van der Waals surface area contributed by atoms with Crippen LogP contribution in [0.25, 0.3) is 17.3 Å². The van der Waals surface area contributed by atoms with E-state index in [2.05, 4.69) is 15.4 Å². The van der Waals surface area contributed by atoms with Gasteiger partial charge in [0, 0.05) is 31.1 Å². The van der Waals surface area contributed by atoms with Crippen LogP contribution < -0.4 is 5.48 Å². The molecule has 1 aromatic heterocycles. The molecule has 3 N–H and O–H groups in total. The summed E-state index contributed by atoms with van der Waals surface area (Å²) in [6.07, 6.45) is 5.95. The third kappa shape index (κ3) is 6.15. The molecule has 0 aliphatic carbocycles. The van der Waals surface area contributed by atoms with Crippen molar-refractivity contribution >= 4 is 18.0 Å². The number of nitrogens with one attached hydrogen (secondary N) is 2. The van der Waals surface area contributed by atoms with Crippen molar-refractivity contribution in [3.63, 3.8) is 0 Å². The van der Waals surface area contributed by atoms with Crippen molar-refractivity contribution in [1.82, 2.24) is 15.4 Å². The molecule has 1 atom stereocenters. The van der Waals surface area contributed by atoms with Crippen LogP contribution in [-0.4, -0.2) is 39.8 Å². The van der Waals surface area contributed by atoms with Crippen molar-refractivity contribution in [1.29, 1.82) is 0 Å². The highest BCUT2D eigenvalue weighted by Crippen LogP contribution is 2.22. The summed E-state index contributed by atoms with van der Waals surface area (Å²) in [5, 5.41) is 9.53. The number of H-pyrrole nitrogens is 1. The molecule has 0 radical (unpaired) electrons. The topological polar surface area (TPSA) is 114 Å². The zero-order chi connectivity index (χ0) is 23.0. The van der Waals surface area contributed by atoms with Gasteiger partial charge in [-0.2, -0.15) is 0 Å². The normalized spacial score (nSPS) is 16.1. The Morgan fingerprint density at radius 2 is 1.94 bits per heavy atom. The van der Waals surface area contributed by atoms with Gasteiger partial charge in [-0.3, -0.25) is 4.79 Å². The second-order valence-corrected chi connectivity index (χ2v) is 7.71. The molecule has 1 fully saturated rings. The number of nitrogens with zero attached hydrogens (tertiary/aromatic N) is 1. The molecule has 1 saturated heterocycles. The van der Waals surface area contributed by atoms with E-state index in [0.717, 1.165) is 36.0 Å². The first-order chi connectivity index (χ1) is 16.1. The van der Waals surface area contributed by atoms with Crippen molar-refractivity contribution in [2.24, 2.45) is 0 Å². The number of aromatic amines is 1. The number of rotatable bonds is 8. The van der Waals surface area contributed by atoms with Gasteiger partial charge in [0.05, 0.1) is 0 Å². The van der Waals surface area contributed by atoms with Crippen LogP contribution in [0.2, 0.25) is 0 Å². The van der Waals surface area contributed by atoms with E-state index in [1.165, 1.54) is 6.08 Å². The molecular formula is C25H25N3O5. The highest BCUT2D eigenvalue weighted by molar-refractivity contribution is 5.93. The number of hydroxylamine groups is 1. The lowest BCUT2D eigenvalue weighted by molar-refractivity contribution is -0.198. The van der Waals surface area contributed by atoms with Crippen molar-refractivity contribution < 1.29 is 24.3 Å². The average molecular weight is 447 g/mol. The van der Waals surface area contributed by atoms with Crippen LogP contribution in [0.15, 0.2) is 60.7 Å². The zero-order valence-electron chi connectivity index (χ0n) is 18.0. The molecule has 4 rings (SSSR count). The van der Waals surface area contributed by atoms with Gasteiger partial charge in [-0.05, 0) is 30.0 Å². The smallest absolute Gasteiger partial charge is 0.354 e. The summed E-state index contributed by atoms with van der Waals surface area (Å²) in [5.74, 6) is -0.847. The number of carboxylic acid groups (broad SMARTS) is 1. The first-order valence-electron chi connectivity index (χ1n) is 10.8. The summed E-state index contributed by atoms with van der Waals surface area (Å²) in [6, 6.07) is 16.8. The monoisotopic (exact) mass is 447 g/mol. The molecule has 8 heteroatoms. The summed E-state index contributed by atoms with van der Waals surface area (Å²) in [7, 11) is 0. The third-order valence-electron chi connectivity index (χ3n) is 5.22. The number of carbonyl (C=O) groups excluding carboxylic acids is 1. The predicted octanol–water partition coefficient (Wildman–Crippen LogP) is 3.95. The molecule has 8 nitrogen and oxygen atoms in total. The number of benzene rings is 2. The van der Waals surface area contributed by atoms with Gasteiger partial charge in [-0.25, -0.2) is 20.1 Å². The summed E-state index contributed by atoms with van der Waals surface area (Å²) >= 11 is 0. The van der Waals surface area contributed by atoms with Gasteiger partial charge < -0.3 is 14.8 Å². The quantitative estimate of drug-likeness (QED) is 0.356. The predicted molar refractivity (Wildman–Crippen MR) is 122 cm³/mol. The highest BCUT2D eigenvalue weighted by atomic mass is 16.8. The maximum atomic E-state index is 11.9. The van der Waals surface area contributed by atoms with Crippen molar-refractivity contribution in [2.45, 2.75) is 32.0 Å². The Kier molecular flexibility index (Phi) is 7.29. The number of imidazole rings is 1. The SMILES string of the molecule is O=C(C=Cc1ccc(Cc2nc(-c3ccccc3)c(C(=O)O)[nH]2)cc1)NOC1CCCCO1. The van der Waals surface area contributed by atoms with Crippen LogP contribution in [0.5, 0.6) is 0 Å². The molecule has 0 spiro atoms. The lowest BCUT2D eigenvalue weighted by Crippen LogP contribution is -2.32. The van der Waals surface area contributed by atoms with Crippen molar-refractivity contribution in [3.8, 4) is 11.3 Å². The number of aromatic carboxylic acids is 1. The number of hydrogen-bond donors (Lipinski definition) is 3. The summed E-state index contributed by atoms with van der Waals surface area (Å²) in [4.78, 5) is 36.3. The Morgan fingerprint density at radius 3 is 2.64 bits per heavy atom. The third-order valence-corrected chi connectivity index (χ3v) is 5.22. The number of aromatic nitrogens is 2. The molecule has 1 aliphatic heterocycles. The first kappa shape index (κ1) is 22.4. The van der Waals surface area contributed by atoms with Crippen LogP contribution in [0.4, 0.5) is 0 Å². The summed E-state index contributed by atoms with van der Waals surface area (Å²) in [5.41, 5.74) is 5.43. The minimum Gasteiger partial charge on any atom is -0.477 e. The Bertz CT molecular complexity index is 1120. The fourth-order valence-corrected chi connectivity index (χ4v) is 3.54. The maximum absolute atomic E-state index is 11.9. The summed E-state index contributed by atoms with van der Waals surface area (Å²) in [6.45, 7) is 0.645. The number of carbonyl (C=O) groups is 2. The lowest BCUT2D eigenvalue weighted by atomic mass is 10.1. The molecule has 1 aliphatic rings. The van der Waals surface area contributed by atoms with Gasteiger partial charge in [0.25, 0.3) is 5.91 Å². The Labute approximate surface area is 191 Å². The Hall–Kier alpha value is -3.75. The van der Waals surface area contributed by atoms with Gasteiger partial charge in [-0.15, -0.1) is 0 Å². The van der Waals surface area contributed by atoms with Crippen molar-refractivity contribution in [3.05, 3.63) is 83.3 Å². The fraction of sp³-hybridized carbons (Fsp3) is 0.240. The van der Waals surface area contributed by atoms with E-state index >= 15 is 0 Å². The van der Waals surface area contributed by atoms with E-state index in [1.54, 1.807) is 6.08 Å². The van der Waals surface area contributed by atoms with Crippen LogP contribution in [0.1, 0.15) is 46.7 Å². The number of hydrogen-bond acceptors (Lipinski definition) is 5. The van der Waals surface area contributed by atoms with Crippen LogP contribution in [0.3, 0.4) is 0 Å². The largest absolute Gasteiger partial charge is 0.477 e. The van der Waals surface area contributed by atoms with Crippen LogP contribution >= 0.6 is 0 Å². The molecule has 2 heterocycles. The van der Waals surface area contributed by atoms with E-state index in [-0.39, 0.29) is 17.9 Å². The second-order valence-electron chi connectivity index (χ2n) is 7.71. The number of ether oxygens (including phenoxy) is 1. The average Bonchev–Trinajstić information content (AvgIpc) is 3.28. The lowest BCUT2D eigenvalue weighted by Gasteiger charge is -2.21. The highest BCUT2D eigenvalue weighted by Gasteiger charge is 2.18. The molecule has 0 bridgehead atoms. The van der Waals surface area contributed by atoms with Gasteiger partial charge in [0.2, 0.25) is 0 Å². The zero-order valence-corrected chi connectivity index (χ0v) is 18.0. The first-order valence-corrected chi connectivity index (χ1v) is 10.8. The number of amides is 1. The molecule has 2 aromatic carbocycles. The molecule has 1 unspecified atom stereocenters. The van der Waals surface area contributed by atoms with E-state index < -0.39 is 5.97 Å². The Balaban J connectivity index is 1.36. The molecule has 0 saturated carbocycles. The van der Waals surface area contributed by atoms with Crippen LogP contribution in [-0.2, 0) is 20.8 Å². The fourth-order valence-electron chi connectivity index (χ4n) is 3.54. The standard InChI is InChI=1S/C25H25N3O5/c29-21(28-33-22-8-4-5-15-32-22)14-13-17-9-11-18(12-10-17)16-20-26-23(24(27-20)25(30)31)19-6-2-1-3-7-19/h1-3,6-7,9-14,22H,4-5,8,15-16H2,(H,26,27)(H,28,29)(H,30,31). The van der Waals surface area contributed by atoms with E-state index in [1.807, 2.05) is 54.6 Å². The molecular weight excluding hydrogens is 422 g/mol. The van der Waals surface area contributed by atoms with Gasteiger partial charge in [-0.1, -0.05) is 54.6 Å². The molecule has 1 amide bonds. The molecule has 33 heavy (non-hydrogen) atoms. The maximum Gasteiger partial charge on any atom is 0.354 e. The van der Waals surface area contributed by atoms with Gasteiger partial charge >= 0.3 is 5.97 Å². The molecule has 170 valence electrons. The Morgan fingerprint density at radius 1 is 1.15 bits per heavy atom. The second kappa shape index (κ2) is 10.7. The van der Waals surface area contributed by atoms with E-state index in [4.69, 9.17) is 9.57 Å². The van der Waals surface area contributed by atoms with Gasteiger partial charge in [0.1, 0.15) is 11.5 Å². The van der Waals surface area contributed by atoms with Crippen molar-refractivity contribution in [2.75, 3.05) is 6.61 Å². The van der Waals surface area contributed by atoms with E-state index in [0.29, 0.717) is 24.5 Å². The minimum absolute atomic E-state index is 0.0719.